The molecule has 0 bridgehead atoms. The van der Waals surface area contributed by atoms with Gasteiger partial charge >= 0.3 is 11.9 Å². The van der Waals surface area contributed by atoms with Crippen LogP contribution in [0.1, 0.15) is 51.0 Å². The summed E-state index contributed by atoms with van der Waals surface area (Å²) in [6.45, 7) is 4.50. The lowest BCUT2D eigenvalue weighted by Crippen LogP contribution is -2.41. The second kappa shape index (κ2) is 5.99. The maximum atomic E-state index is 12.4. The fourth-order valence-electron chi connectivity index (χ4n) is 4.52. The van der Waals surface area contributed by atoms with E-state index in [9.17, 15) is 14.7 Å². The van der Waals surface area contributed by atoms with Crippen LogP contribution in [0.25, 0.3) is 0 Å². The molecule has 5 atom stereocenters. The van der Waals surface area contributed by atoms with Gasteiger partial charge in [-0.25, -0.2) is 0 Å². The smallest absolute Gasteiger partial charge is 0.325 e. The van der Waals surface area contributed by atoms with Crippen LogP contribution in [0, 0.1) is 17.3 Å². The molecule has 4 heteroatoms. The molecule has 4 nitrogen and oxygen atoms in total. The zero-order valence-corrected chi connectivity index (χ0v) is 13.7. The van der Waals surface area contributed by atoms with Crippen molar-refractivity contribution in [1.29, 1.82) is 0 Å². The molecule has 5 unspecified atom stereocenters. The van der Waals surface area contributed by atoms with Gasteiger partial charge in [-0.15, -0.1) is 0 Å². The molecule has 0 aliphatic heterocycles. The molecule has 1 N–H and O–H groups in total. The van der Waals surface area contributed by atoms with Crippen molar-refractivity contribution in [1.82, 2.24) is 0 Å². The van der Waals surface area contributed by atoms with Crippen LogP contribution in [0.4, 0.5) is 0 Å². The molecular weight excluding hydrogens is 292 g/mol. The standard InChI is InChI=1S/C19H24O4/c1-12-8-9-19(12)11-15(10-13(19)2)23-18(22)16(17(20)21)14-6-4-3-5-7-14/h3-7,12-13,15-16H,8-11H2,1-2H3,(H,20,21). The molecule has 1 spiro atoms. The van der Waals surface area contributed by atoms with Gasteiger partial charge in [0, 0.05) is 0 Å². The number of carbonyl (C=O) groups excluding carboxylic acids is 1. The molecule has 1 aromatic carbocycles. The van der Waals surface area contributed by atoms with Crippen molar-refractivity contribution in [2.45, 2.75) is 51.6 Å². The van der Waals surface area contributed by atoms with Crippen molar-refractivity contribution in [3.63, 3.8) is 0 Å². The van der Waals surface area contributed by atoms with Gasteiger partial charge in [-0.1, -0.05) is 44.2 Å². The van der Waals surface area contributed by atoms with E-state index < -0.39 is 17.9 Å². The Bertz CT molecular complexity index is 597. The number of hydrogen-bond acceptors (Lipinski definition) is 3. The molecule has 0 aromatic heterocycles. The molecule has 2 aliphatic carbocycles. The van der Waals surface area contributed by atoms with Crippen LogP contribution in [-0.2, 0) is 14.3 Å². The Labute approximate surface area is 136 Å². The SMILES string of the molecule is CC1CCC12CC(OC(=O)C(C(=O)O)c1ccccc1)CC2C. The third-order valence-corrected chi connectivity index (χ3v) is 6.13. The summed E-state index contributed by atoms with van der Waals surface area (Å²) in [4.78, 5) is 24.0. The summed E-state index contributed by atoms with van der Waals surface area (Å²) >= 11 is 0. The maximum absolute atomic E-state index is 12.4. The third-order valence-electron chi connectivity index (χ3n) is 6.13. The van der Waals surface area contributed by atoms with Crippen molar-refractivity contribution in [3.05, 3.63) is 35.9 Å². The zero-order valence-electron chi connectivity index (χ0n) is 13.7. The lowest BCUT2D eigenvalue weighted by Gasteiger charge is -2.49. The lowest BCUT2D eigenvalue weighted by molar-refractivity contribution is -0.158. The fraction of sp³-hybridized carbons (Fsp3) is 0.579. The summed E-state index contributed by atoms with van der Waals surface area (Å²) in [5.41, 5.74) is 0.777. The Morgan fingerprint density at radius 3 is 2.39 bits per heavy atom. The van der Waals surface area contributed by atoms with E-state index in [1.165, 1.54) is 12.8 Å². The van der Waals surface area contributed by atoms with E-state index in [4.69, 9.17) is 4.74 Å². The summed E-state index contributed by atoms with van der Waals surface area (Å²) in [5, 5.41) is 9.42. The van der Waals surface area contributed by atoms with Crippen LogP contribution in [0.5, 0.6) is 0 Å². The highest BCUT2D eigenvalue weighted by molar-refractivity contribution is 6.00. The van der Waals surface area contributed by atoms with E-state index in [1.54, 1.807) is 30.3 Å². The Balaban J connectivity index is 1.70. The van der Waals surface area contributed by atoms with Gasteiger partial charge in [0.2, 0.25) is 0 Å². The summed E-state index contributed by atoms with van der Waals surface area (Å²) in [5.74, 6) is -1.82. The Kier molecular flexibility index (Phi) is 4.17. The minimum Gasteiger partial charge on any atom is -0.480 e. The number of carboxylic acid groups (broad SMARTS) is 1. The number of ether oxygens (including phenoxy) is 1. The first-order valence-electron chi connectivity index (χ1n) is 8.42. The Hall–Kier alpha value is -1.84. The number of aliphatic carboxylic acids is 1. The largest absolute Gasteiger partial charge is 0.480 e. The van der Waals surface area contributed by atoms with E-state index in [0.717, 1.165) is 12.8 Å². The predicted molar refractivity (Wildman–Crippen MR) is 85.9 cm³/mol. The van der Waals surface area contributed by atoms with Crippen molar-refractivity contribution in [2.75, 3.05) is 0 Å². The van der Waals surface area contributed by atoms with Crippen LogP contribution in [0.15, 0.2) is 30.3 Å². The summed E-state index contributed by atoms with van der Waals surface area (Å²) < 4.78 is 5.62. The van der Waals surface area contributed by atoms with Crippen LogP contribution in [0.3, 0.4) is 0 Å². The van der Waals surface area contributed by atoms with E-state index in [2.05, 4.69) is 13.8 Å². The molecule has 23 heavy (non-hydrogen) atoms. The third kappa shape index (κ3) is 2.75. The van der Waals surface area contributed by atoms with Gasteiger partial charge in [-0.05, 0) is 48.5 Å². The quantitative estimate of drug-likeness (QED) is 0.681. The molecule has 1 aromatic rings. The van der Waals surface area contributed by atoms with Gasteiger partial charge in [-0.3, -0.25) is 9.59 Å². The first-order chi connectivity index (χ1) is 10.9. The molecule has 2 fully saturated rings. The van der Waals surface area contributed by atoms with Gasteiger partial charge < -0.3 is 9.84 Å². The predicted octanol–water partition coefficient (Wildman–Crippen LogP) is 3.61. The van der Waals surface area contributed by atoms with Gasteiger partial charge in [0.15, 0.2) is 5.92 Å². The number of rotatable bonds is 4. The number of carbonyl (C=O) groups is 2. The summed E-state index contributed by atoms with van der Waals surface area (Å²) in [6.07, 6.45) is 4.02. The second-order valence-corrected chi connectivity index (χ2v) is 7.25. The lowest BCUT2D eigenvalue weighted by atomic mass is 9.56. The minimum absolute atomic E-state index is 0.147. The average molecular weight is 316 g/mol. The molecule has 0 amide bonds. The van der Waals surface area contributed by atoms with E-state index in [1.807, 2.05) is 0 Å². The number of hydrogen-bond donors (Lipinski definition) is 1. The van der Waals surface area contributed by atoms with Crippen molar-refractivity contribution in [2.24, 2.45) is 17.3 Å². The Morgan fingerprint density at radius 2 is 1.91 bits per heavy atom. The Morgan fingerprint density at radius 1 is 1.22 bits per heavy atom. The highest BCUT2D eigenvalue weighted by Crippen LogP contribution is 2.60. The number of carboxylic acids is 1. The van der Waals surface area contributed by atoms with E-state index in [0.29, 0.717) is 22.8 Å². The molecule has 0 radical (unpaired) electrons. The van der Waals surface area contributed by atoms with Crippen LogP contribution < -0.4 is 0 Å². The topological polar surface area (TPSA) is 63.6 Å². The van der Waals surface area contributed by atoms with E-state index >= 15 is 0 Å². The summed E-state index contributed by atoms with van der Waals surface area (Å²) in [6, 6.07) is 8.59. The molecule has 2 aliphatic rings. The normalized spacial score (nSPS) is 33.9. The first-order valence-corrected chi connectivity index (χ1v) is 8.42. The molecule has 124 valence electrons. The van der Waals surface area contributed by atoms with Gasteiger partial charge in [0.25, 0.3) is 0 Å². The number of benzene rings is 1. The highest BCUT2D eigenvalue weighted by Gasteiger charge is 2.54. The van der Waals surface area contributed by atoms with Crippen LogP contribution in [0.2, 0.25) is 0 Å². The molecule has 3 rings (SSSR count). The average Bonchev–Trinajstić information content (AvgIpc) is 2.85. The summed E-state index contributed by atoms with van der Waals surface area (Å²) in [7, 11) is 0. The maximum Gasteiger partial charge on any atom is 0.325 e. The second-order valence-electron chi connectivity index (χ2n) is 7.25. The highest BCUT2D eigenvalue weighted by atomic mass is 16.5. The number of esters is 1. The molecule has 0 saturated heterocycles. The molecule has 2 saturated carbocycles. The fourth-order valence-corrected chi connectivity index (χ4v) is 4.52. The van der Waals surface area contributed by atoms with Crippen molar-refractivity contribution in [3.8, 4) is 0 Å². The zero-order chi connectivity index (χ0) is 16.6. The minimum atomic E-state index is -1.23. The molecular formula is C19H24O4. The van der Waals surface area contributed by atoms with Crippen LogP contribution >= 0.6 is 0 Å². The van der Waals surface area contributed by atoms with Gasteiger partial charge in [0.05, 0.1) is 0 Å². The van der Waals surface area contributed by atoms with E-state index in [-0.39, 0.29) is 6.10 Å². The monoisotopic (exact) mass is 316 g/mol. The molecule has 0 heterocycles. The van der Waals surface area contributed by atoms with Crippen molar-refractivity contribution < 1.29 is 19.4 Å². The van der Waals surface area contributed by atoms with Gasteiger partial charge in [0.1, 0.15) is 6.10 Å². The first kappa shape index (κ1) is 16.0. The van der Waals surface area contributed by atoms with Gasteiger partial charge in [-0.2, -0.15) is 0 Å². The van der Waals surface area contributed by atoms with Crippen LogP contribution in [-0.4, -0.2) is 23.1 Å². The van der Waals surface area contributed by atoms with Crippen molar-refractivity contribution >= 4 is 11.9 Å².